The lowest BCUT2D eigenvalue weighted by molar-refractivity contribution is -0.120. The van der Waals surface area contributed by atoms with E-state index in [2.05, 4.69) is 25.7 Å². The lowest BCUT2D eigenvalue weighted by Crippen LogP contribution is -2.34. The first-order valence-corrected chi connectivity index (χ1v) is 8.13. The molecule has 0 fully saturated rings. The molecule has 1 aromatic heterocycles. The molecule has 1 aliphatic rings. The molecule has 2 aromatic rings. The first-order chi connectivity index (χ1) is 10.8. The molecule has 0 unspecified atom stereocenters. The summed E-state index contributed by atoms with van der Waals surface area (Å²) in [7, 11) is 2.01. The molecule has 0 aliphatic carbocycles. The number of benzene rings is 1. The standard InChI is InChI=1S/C18H24N4O/c1-18(2,3)12-15(23)22-11-7-10-21(4)16-17(22)20-14-9-6-5-8-13(14)19-16/h5-6,8-9H,7,10-12H2,1-4H3. The van der Waals surface area contributed by atoms with Crippen molar-refractivity contribution >= 4 is 28.6 Å². The maximum Gasteiger partial charge on any atom is 0.228 e. The highest BCUT2D eigenvalue weighted by Crippen LogP contribution is 2.32. The van der Waals surface area contributed by atoms with Crippen molar-refractivity contribution in [2.45, 2.75) is 33.6 Å². The van der Waals surface area contributed by atoms with Crippen molar-refractivity contribution in [1.29, 1.82) is 0 Å². The second-order valence-electron chi connectivity index (χ2n) is 7.42. The maximum absolute atomic E-state index is 12.8. The second-order valence-corrected chi connectivity index (χ2v) is 7.42. The van der Waals surface area contributed by atoms with Gasteiger partial charge in [-0.25, -0.2) is 9.97 Å². The number of carbonyl (C=O) groups excluding carboxylic acids is 1. The summed E-state index contributed by atoms with van der Waals surface area (Å²) < 4.78 is 0. The number of rotatable bonds is 1. The molecule has 0 saturated heterocycles. The predicted octanol–water partition coefficient (Wildman–Crippen LogP) is 3.24. The summed E-state index contributed by atoms with van der Waals surface area (Å²) in [4.78, 5) is 26.2. The Morgan fingerprint density at radius 1 is 1.09 bits per heavy atom. The average molecular weight is 312 g/mol. The molecule has 0 N–H and O–H groups in total. The zero-order valence-electron chi connectivity index (χ0n) is 14.3. The van der Waals surface area contributed by atoms with E-state index in [1.807, 2.05) is 36.2 Å². The van der Waals surface area contributed by atoms with Crippen LogP contribution >= 0.6 is 0 Å². The SMILES string of the molecule is CN1CCCN(C(=O)CC(C)(C)C)c2nc3ccccc3nc21. The molecular formula is C18H24N4O. The van der Waals surface area contributed by atoms with Crippen LogP contribution in [0.5, 0.6) is 0 Å². The Bertz CT molecular complexity index is 735. The monoisotopic (exact) mass is 312 g/mol. The molecule has 23 heavy (non-hydrogen) atoms. The molecule has 2 heterocycles. The van der Waals surface area contributed by atoms with Gasteiger partial charge in [0.25, 0.3) is 0 Å². The zero-order chi connectivity index (χ0) is 16.6. The fourth-order valence-corrected chi connectivity index (χ4v) is 2.89. The minimum Gasteiger partial charge on any atom is -0.357 e. The Labute approximate surface area is 137 Å². The van der Waals surface area contributed by atoms with Crippen molar-refractivity contribution < 1.29 is 4.79 Å². The second kappa shape index (κ2) is 5.80. The number of fused-ring (bicyclic) bond motifs is 2. The van der Waals surface area contributed by atoms with Gasteiger partial charge in [-0.1, -0.05) is 32.9 Å². The highest BCUT2D eigenvalue weighted by atomic mass is 16.2. The summed E-state index contributed by atoms with van der Waals surface area (Å²) in [6.07, 6.45) is 1.42. The van der Waals surface area contributed by atoms with E-state index < -0.39 is 0 Å². The lowest BCUT2D eigenvalue weighted by Gasteiger charge is -2.26. The Balaban J connectivity index is 2.08. The van der Waals surface area contributed by atoms with Crippen LogP contribution in [0.3, 0.4) is 0 Å². The predicted molar refractivity (Wildman–Crippen MR) is 93.9 cm³/mol. The van der Waals surface area contributed by atoms with E-state index in [1.54, 1.807) is 0 Å². The van der Waals surface area contributed by atoms with Crippen LogP contribution in [-0.2, 0) is 4.79 Å². The molecule has 1 aromatic carbocycles. The van der Waals surface area contributed by atoms with E-state index in [-0.39, 0.29) is 11.3 Å². The van der Waals surface area contributed by atoms with Gasteiger partial charge in [-0.05, 0) is 24.0 Å². The molecule has 3 rings (SSSR count). The molecule has 0 bridgehead atoms. The Morgan fingerprint density at radius 2 is 1.70 bits per heavy atom. The van der Waals surface area contributed by atoms with E-state index in [0.717, 1.165) is 29.8 Å². The van der Waals surface area contributed by atoms with Gasteiger partial charge in [0.05, 0.1) is 11.0 Å². The van der Waals surface area contributed by atoms with Crippen molar-refractivity contribution in [2.75, 3.05) is 29.9 Å². The van der Waals surface area contributed by atoms with Crippen LogP contribution in [0.15, 0.2) is 24.3 Å². The highest BCUT2D eigenvalue weighted by molar-refractivity contribution is 5.97. The van der Waals surface area contributed by atoms with Gasteiger partial charge in [-0.3, -0.25) is 9.69 Å². The highest BCUT2D eigenvalue weighted by Gasteiger charge is 2.29. The summed E-state index contributed by atoms with van der Waals surface area (Å²) in [5.41, 5.74) is 1.65. The number of nitrogens with zero attached hydrogens (tertiary/aromatic N) is 4. The fourth-order valence-electron chi connectivity index (χ4n) is 2.89. The summed E-state index contributed by atoms with van der Waals surface area (Å²) in [6.45, 7) is 7.82. The fraction of sp³-hybridized carbons (Fsp3) is 0.500. The van der Waals surface area contributed by atoms with Crippen molar-refractivity contribution in [3.05, 3.63) is 24.3 Å². The van der Waals surface area contributed by atoms with Gasteiger partial charge in [0, 0.05) is 26.6 Å². The quantitative estimate of drug-likeness (QED) is 0.811. The van der Waals surface area contributed by atoms with Crippen LogP contribution in [0, 0.1) is 5.41 Å². The van der Waals surface area contributed by atoms with Crippen LogP contribution in [0.1, 0.15) is 33.6 Å². The van der Waals surface area contributed by atoms with Crippen molar-refractivity contribution in [3.8, 4) is 0 Å². The van der Waals surface area contributed by atoms with E-state index >= 15 is 0 Å². The molecule has 1 aliphatic heterocycles. The topological polar surface area (TPSA) is 49.3 Å². The van der Waals surface area contributed by atoms with Crippen LogP contribution in [-0.4, -0.2) is 36.0 Å². The molecule has 5 nitrogen and oxygen atoms in total. The largest absolute Gasteiger partial charge is 0.357 e. The van der Waals surface area contributed by atoms with Crippen molar-refractivity contribution in [2.24, 2.45) is 5.41 Å². The molecule has 0 radical (unpaired) electrons. The summed E-state index contributed by atoms with van der Waals surface area (Å²) in [5, 5.41) is 0. The van der Waals surface area contributed by atoms with Crippen molar-refractivity contribution in [1.82, 2.24) is 9.97 Å². The molecule has 5 heteroatoms. The van der Waals surface area contributed by atoms with Gasteiger partial charge in [-0.15, -0.1) is 0 Å². The Morgan fingerprint density at radius 3 is 2.30 bits per heavy atom. The zero-order valence-corrected chi connectivity index (χ0v) is 14.3. The van der Waals surface area contributed by atoms with E-state index in [4.69, 9.17) is 9.97 Å². The molecular weight excluding hydrogens is 288 g/mol. The van der Waals surface area contributed by atoms with E-state index in [0.29, 0.717) is 18.8 Å². The van der Waals surface area contributed by atoms with Gasteiger partial charge in [0.2, 0.25) is 5.91 Å². The number of hydrogen-bond donors (Lipinski definition) is 0. The van der Waals surface area contributed by atoms with E-state index in [1.165, 1.54) is 0 Å². The molecule has 0 atom stereocenters. The smallest absolute Gasteiger partial charge is 0.228 e. The van der Waals surface area contributed by atoms with Crippen LogP contribution in [0.2, 0.25) is 0 Å². The average Bonchev–Trinajstić information content (AvgIpc) is 2.63. The van der Waals surface area contributed by atoms with Gasteiger partial charge in [0.1, 0.15) is 0 Å². The van der Waals surface area contributed by atoms with Gasteiger partial charge in [0.15, 0.2) is 11.6 Å². The van der Waals surface area contributed by atoms with Crippen molar-refractivity contribution in [3.63, 3.8) is 0 Å². The molecule has 1 amide bonds. The third-order valence-electron chi connectivity index (χ3n) is 4.01. The molecule has 122 valence electrons. The minimum absolute atomic E-state index is 0.0419. The molecule has 0 saturated carbocycles. The summed E-state index contributed by atoms with van der Waals surface area (Å²) >= 11 is 0. The van der Waals surface area contributed by atoms with E-state index in [9.17, 15) is 4.79 Å². The van der Waals surface area contributed by atoms with Crippen LogP contribution in [0.4, 0.5) is 11.6 Å². The number of carbonyl (C=O) groups is 1. The first-order valence-electron chi connectivity index (χ1n) is 8.13. The van der Waals surface area contributed by atoms with Crippen LogP contribution < -0.4 is 9.80 Å². The number of aromatic nitrogens is 2. The normalized spacial score (nSPS) is 15.5. The first kappa shape index (κ1) is 15.7. The lowest BCUT2D eigenvalue weighted by atomic mass is 9.91. The number of anilines is 2. The van der Waals surface area contributed by atoms with Gasteiger partial charge >= 0.3 is 0 Å². The minimum atomic E-state index is -0.0419. The third-order valence-corrected chi connectivity index (χ3v) is 4.01. The Kier molecular flexibility index (Phi) is 3.96. The van der Waals surface area contributed by atoms with Crippen LogP contribution in [0.25, 0.3) is 11.0 Å². The number of amides is 1. The molecule has 0 spiro atoms. The third kappa shape index (κ3) is 3.28. The van der Waals surface area contributed by atoms with Gasteiger partial charge < -0.3 is 4.90 Å². The summed E-state index contributed by atoms with van der Waals surface area (Å²) in [6, 6.07) is 7.82. The maximum atomic E-state index is 12.8. The summed E-state index contributed by atoms with van der Waals surface area (Å²) in [5.74, 6) is 1.61. The number of para-hydroxylation sites is 2. The number of hydrogen-bond acceptors (Lipinski definition) is 4. The van der Waals surface area contributed by atoms with Gasteiger partial charge in [-0.2, -0.15) is 0 Å². The Hall–Kier alpha value is -2.17.